The third-order valence-electron chi connectivity index (χ3n) is 4.55. The van der Waals surface area contributed by atoms with E-state index in [2.05, 4.69) is 4.98 Å². The monoisotopic (exact) mass is 391 g/mol. The molecule has 0 bridgehead atoms. The first-order valence-electron chi connectivity index (χ1n) is 8.39. The maximum atomic E-state index is 13.6. The molecule has 1 aromatic heterocycles. The fraction of sp³-hybridized carbons (Fsp3) is 0.333. The Morgan fingerprint density at radius 2 is 1.82 bits per heavy atom. The lowest BCUT2D eigenvalue weighted by atomic mass is 9.99. The number of rotatable bonds is 5. The smallest absolute Gasteiger partial charge is 0.351 e. The van der Waals surface area contributed by atoms with E-state index in [1.54, 1.807) is 0 Å². The summed E-state index contributed by atoms with van der Waals surface area (Å²) in [4.78, 5) is 38.9. The molecule has 0 radical (unpaired) electrons. The van der Waals surface area contributed by atoms with Crippen molar-refractivity contribution in [2.45, 2.75) is 37.9 Å². The van der Waals surface area contributed by atoms with Crippen LogP contribution in [0.3, 0.4) is 0 Å². The minimum absolute atomic E-state index is 0.144. The van der Waals surface area contributed by atoms with Crippen LogP contribution in [-0.2, 0) is 4.74 Å². The van der Waals surface area contributed by atoms with E-state index in [0.29, 0.717) is 10.1 Å². The van der Waals surface area contributed by atoms with Crippen LogP contribution in [0.1, 0.15) is 40.3 Å². The maximum absolute atomic E-state index is 13.6. The summed E-state index contributed by atoms with van der Waals surface area (Å²) in [5.41, 5.74) is 4.98. The molecule has 9 nitrogen and oxygen atoms in total. The number of anilines is 1. The van der Waals surface area contributed by atoms with Crippen molar-refractivity contribution < 1.29 is 28.9 Å². The van der Waals surface area contributed by atoms with E-state index >= 15 is 0 Å². The van der Waals surface area contributed by atoms with Crippen LogP contribution in [-0.4, -0.2) is 49.6 Å². The highest BCUT2D eigenvalue weighted by molar-refractivity contribution is 5.99. The van der Waals surface area contributed by atoms with Gasteiger partial charge in [0.15, 0.2) is 29.4 Å². The molecular formula is C18H18FN3O6. The van der Waals surface area contributed by atoms with Crippen LogP contribution in [0, 0.1) is 5.82 Å². The van der Waals surface area contributed by atoms with Crippen molar-refractivity contribution in [2.75, 3.05) is 5.73 Å². The van der Waals surface area contributed by atoms with Gasteiger partial charge in [-0.3, -0.25) is 14.2 Å². The van der Waals surface area contributed by atoms with E-state index in [4.69, 9.17) is 10.5 Å². The summed E-state index contributed by atoms with van der Waals surface area (Å²) in [7, 11) is 0. The summed E-state index contributed by atoms with van der Waals surface area (Å²) < 4.78 is 19.7. The molecule has 0 aliphatic carbocycles. The van der Waals surface area contributed by atoms with Crippen LogP contribution in [0.15, 0.2) is 35.3 Å². The summed E-state index contributed by atoms with van der Waals surface area (Å²) in [5, 5.41) is 20.4. The Hall–Kier alpha value is -2.95. The first-order chi connectivity index (χ1) is 13.2. The minimum Gasteiger partial charge on any atom is -0.388 e. The number of hydrogen-bond acceptors (Lipinski definition) is 8. The Balaban J connectivity index is 1.77. The SMILES string of the molecule is CC(=O)c1ccc(C(=O)C[C@H]2O[C@@H](n3cc(F)c(N)nc3=O)[C@H](O)[C@@H]2O)cc1. The van der Waals surface area contributed by atoms with E-state index in [1.165, 1.54) is 31.2 Å². The number of Topliss-reactive ketones (excluding diaryl/α,β-unsaturated/α-hetero) is 2. The van der Waals surface area contributed by atoms with Gasteiger partial charge < -0.3 is 20.7 Å². The number of aromatic nitrogens is 2. The highest BCUT2D eigenvalue weighted by atomic mass is 19.1. The van der Waals surface area contributed by atoms with Gasteiger partial charge in [-0.15, -0.1) is 0 Å². The zero-order valence-corrected chi connectivity index (χ0v) is 14.8. The Labute approximate surface area is 158 Å². The fourth-order valence-electron chi connectivity index (χ4n) is 2.96. The number of carbonyl (C=O) groups excluding carboxylic acids is 2. The maximum Gasteiger partial charge on any atom is 0.351 e. The molecule has 1 aliphatic heterocycles. The third-order valence-corrected chi connectivity index (χ3v) is 4.55. The van der Waals surface area contributed by atoms with Crippen LogP contribution in [0.4, 0.5) is 10.2 Å². The molecule has 0 saturated carbocycles. The van der Waals surface area contributed by atoms with Gasteiger partial charge in [-0.05, 0) is 6.92 Å². The number of ketones is 2. The Bertz CT molecular complexity index is 974. The van der Waals surface area contributed by atoms with Crippen molar-refractivity contribution in [3.8, 4) is 0 Å². The number of benzene rings is 1. The second kappa shape index (κ2) is 7.58. The highest BCUT2D eigenvalue weighted by Gasteiger charge is 2.45. The van der Waals surface area contributed by atoms with Gasteiger partial charge >= 0.3 is 5.69 Å². The average Bonchev–Trinajstić information content (AvgIpc) is 2.93. The lowest BCUT2D eigenvalue weighted by molar-refractivity contribution is -0.0401. The van der Waals surface area contributed by atoms with E-state index in [1.807, 2.05) is 0 Å². The first kappa shape index (κ1) is 19.8. The van der Waals surface area contributed by atoms with Crippen molar-refractivity contribution in [3.05, 3.63) is 57.9 Å². The molecule has 1 aromatic carbocycles. The van der Waals surface area contributed by atoms with Crippen molar-refractivity contribution >= 4 is 17.4 Å². The summed E-state index contributed by atoms with van der Waals surface area (Å²) >= 11 is 0. The van der Waals surface area contributed by atoms with Gasteiger partial charge in [-0.25, -0.2) is 9.18 Å². The molecule has 0 unspecified atom stereocenters. The zero-order chi connectivity index (χ0) is 20.6. The van der Waals surface area contributed by atoms with Gasteiger partial charge in [0.25, 0.3) is 0 Å². The molecule has 1 aliphatic rings. The molecule has 0 amide bonds. The topological polar surface area (TPSA) is 145 Å². The van der Waals surface area contributed by atoms with Gasteiger partial charge in [0, 0.05) is 17.5 Å². The second-order valence-electron chi connectivity index (χ2n) is 6.47. The van der Waals surface area contributed by atoms with E-state index < -0.39 is 47.6 Å². The Morgan fingerprint density at radius 1 is 1.21 bits per heavy atom. The van der Waals surface area contributed by atoms with Crippen LogP contribution in [0.25, 0.3) is 0 Å². The molecule has 2 heterocycles. The molecular weight excluding hydrogens is 373 g/mol. The summed E-state index contributed by atoms with van der Waals surface area (Å²) in [6.07, 6.45) is -5.21. The van der Waals surface area contributed by atoms with Gasteiger partial charge in [0.05, 0.1) is 12.3 Å². The number of nitrogen functional groups attached to an aromatic ring is 1. The largest absolute Gasteiger partial charge is 0.388 e. The molecule has 2 aromatic rings. The number of halogens is 1. The van der Waals surface area contributed by atoms with Crippen molar-refractivity contribution in [1.29, 1.82) is 0 Å². The predicted octanol–water partition coefficient (Wildman–Crippen LogP) is 0.0594. The standard InChI is InChI=1S/C18H18FN3O6/c1-8(23)9-2-4-10(5-3-9)12(24)6-13-14(25)15(26)17(28-13)22-7-11(19)16(20)21-18(22)27/h2-5,7,13-15,17,25-26H,6H2,1H3,(H2,20,21,27)/t13-,14-,15-,17-/m1/s1. The molecule has 4 atom stereocenters. The Kier molecular flexibility index (Phi) is 5.36. The average molecular weight is 391 g/mol. The van der Waals surface area contributed by atoms with Crippen LogP contribution < -0.4 is 11.4 Å². The molecule has 148 valence electrons. The zero-order valence-electron chi connectivity index (χ0n) is 14.8. The molecule has 0 spiro atoms. The molecule has 3 rings (SSSR count). The fourth-order valence-corrected chi connectivity index (χ4v) is 2.96. The normalized spacial score (nSPS) is 24.3. The number of hydrogen-bond donors (Lipinski definition) is 3. The second-order valence-corrected chi connectivity index (χ2v) is 6.47. The minimum atomic E-state index is -1.58. The lowest BCUT2D eigenvalue weighted by Gasteiger charge is -2.17. The van der Waals surface area contributed by atoms with Crippen molar-refractivity contribution in [2.24, 2.45) is 0 Å². The van der Waals surface area contributed by atoms with E-state index in [9.17, 15) is 29.0 Å². The third kappa shape index (κ3) is 3.70. The number of aliphatic hydroxyl groups is 2. The van der Waals surface area contributed by atoms with Gasteiger partial charge in [-0.2, -0.15) is 4.98 Å². The number of aliphatic hydroxyl groups excluding tert-OH is 2. The van der Waals surface area contributed by atoms with Crippen LogP contribution in [0.2, 0.25) is 0 Å². The summed E-state index contributed by atoms with van der Waals surface area (Å²) in [5.74, 6) is -2.14. The van der Waals surface area contributed by atoms with E-state index in [0.717, 1.165) is 6.20 Å². The first-order valence-corrected chi connectivity index (χ1v) is 8.39. The van der Waals surface area contributed by atoms with Crippen LogP contribution >= 0.6 is 0 Å². The highest BCUT2D eigenvalue weighted by Crippen LogP contribution is 2.31. The molecule has 1 fully saturated rings. The summed E-state index contributed by atoms with van der Waals surface area (Å²) in [6, 6.07) is 5.94. The quantitative estimate of drug-likeness (QED) is 0.607. The van der Waals surface area contributed by atoms with Gasteiger partial charge in [0.2, 0.25) is 0 Å². The lowest BCUT2D eigenvalue weighted by Crippen LogP contribution is -2.36. The predicted molar refractivity (Wildman–Crippen MR) is 94.2 cm³/mol. The van der Waals surface area contributed by atoms with Crippen molar-refractivity contribution in [1.82, 2.24) is 9.55 Å². The molecule has 10 heteroatoms. The van der Waals surface area contributed by atoms with Crippen LogP contribution in [0.5, 0.6) is 0 Å². The number of nitrogens with zero attached hydrogens (tertiary/aromatic N) is 2. The Morgan fingerprint density at radius 3 is 2.43 bits per heavy atom. The van der Waals surface area contributed by atoms with Crippen molar-refractivity contribution in [3.63, 3.8) is 0 Å². The van der Waals surface area contributed by atoms with Gasteiger partial charge in [-0.1, -0.05) is 24.3 Å². The number of nitrogens with two attached hydrogens (primary N) is 1. The molecule has 1 saturated heterocycles. The summed E-state index contributed by atoms with van der Waals surface area (Å²) in [6.45, 7) is 1.40. The van der Waals surface area contributed by atoms with E-state index in [-0.39, 0.29) is 17.8 Å². The number of carbonyl (C=O) groups is 2. The molecule has 4 N–H and O–H groups in total. The number of ether oxygens (including phenoxy) is 1. The van der Waals surface area contributed by atoms with Gasteiger partial charge in [0.1, 0.15) is 12.2 Å². The molecule has 28 heavy (non-hydrogen) atoms.